The number of hydrogen-bond donors (Lipinski definition) is 0. The van der Waals surface area contributed by atoms with E-state index in [1.165, 1.54) is 6.42 Å². The second-order valence-corrected chi connectivity index (χ2v) is 4.53. The van der Waals surface area contributed by atoms with Gasteiger partial charge in [0, 0.05) is 17.3 Å². The van der Waals surface area contributed by atoms with Crippen molar-refractivity contribution in [2.24, 2.45) is 0 Å². The van der Waals surface area contributed by atoms with E-state index in [1.54, 1.807) is 6.07 Å². The zero-order valence-corrected chi connectivity index (χ0v) is 8.98. The zero-order chi connectivity index (χ0) is 11.1. The molecule has 0 N–H and O–H groups in total. The van der Waals surface area contributed by atoms with Crippen LogP contribution >= 0.6 is 0 Å². The lowest BCUT2D eigenvalue weighted by Crippen LogP contribution is -2.42. The van der Waals surface area contributed by atoms with Gasteiger partial charge in [-0.3, -0.25) is 9.59 Å². The molecule has 1 amide bonds. The standard InChI is InChI=1S/C13H13NO2/c15-8-9-4-5-10-7-13(16)14(12(10)6-9)11-2-1-3-11/h4-6,8,11H,1-3,7H2. The molecule has 1 saturated carbocycles. The first kappa shape index (κ1) is 9.58. The largest absolute Gasteiger partial charge is 0.309 e. The maximum atomic E-state index is 11.9. The van der Waals surface area contributed by atoms with Crippen molar-refractivity contribution in [2.45, 2.75) is 31.7 Å². The van der Waals surface area contributed by atoms with Gasteiger partial charge in [0.1, 0.15) is 6.29 Å². The van der Waals surface area contributed by atoms with E-state index in [0.29, 0.717) is 18.0 Å². The highest BCUT2D eigenvalue weighted by atomic mass is 16.2. The minimum Gasteiger partial charge on any atom is -0.309 e. The second-order valence-electron chi connectivity index (χ2n) is 4.53. The van der Waals surface area contributed by atoms with E-state index in [0.717, 1.165) is 30.4 Å². The average molecular weight is 215 g/mol. The first-order valence-electron chi connectivity index (χ1n) is 5.70. The summed E-state index contributed by atoms with van der Waals surface area (Å²) in [4.78, 5) is 24.5. The number of anilines is 1. The van der Waals surface area contributed by atoms with Gasteiger partial charge in [0.25, 0.3) is 0 Å². The number of nitrogens with zero attached hydrogens (tertiary/aromatic N) is 1. The van der Waals surface area contributed by atoms with E-state index in [4.69, 9.17) is 0 Å². The lowest BCUT2D eigenvalue weighted by molar-refractivity contribution is -0.118. The summed E-state index contributed by atoms with van der Waals surface area (Å²) in [5.74, 6) is 0.183. The van der Waals surface area contributed by atoms with Crippen molar-refractivity contribution in [3.05, 3.63) is 29.3 Å². The Balaban J connectivity index is 2.03. The molecule has 16 heavy (non-hydrogen) atoms. The molecule has 2 aliphatic rings. The van der Waals surface area contributed by atoms with Crippen LogP contribution in [0.3, 0.4) is 0 Å². The summed E-state index contributed by atoms with van der Waals surface area (Å²) < 4.78 is 0. The Hall–Kier alpha value is -1.64. The van der Waals surface area contributed by atoms with Gasteiger partial charge in [0.2, 0.25) is 5.91 Å². The fraction of sp³-hybridized carbons (Fsp3) is 0.385. The molecule has 1 aliphatic carbocycles. The highest BCUT2D eigenvalue weighted by Crippen LogP contribution is 2.37. The summed E-state index contributed by atoms with van der Waals surface area (Å²) >= 11 is 0. The van der Waals surface area contributed by atoms with Gasteiger partial charge in [0.15, 0.2) is 0 Å². The Morgan fingerprint density at radius 2 is 2.12 bits per heavy atom. The van der Waals surface area contributed by atoms with Crippen LogP contribution in [0.5, 0.6) is 0 Å². The summed E-state index contributed by atoms with van der Waals surface area (Å²) in [6.07, 6.45) is 4.72. The van der Waals surface area contributed by atoms with Gasteiger partial charge in [-0.05, 0) is 30.9 Å². The number of amides is 1. The van der Waals surface area contributed by atoms with Crippen molar-refractivity contribution in [3.8, 4) is 0 Å². The molecule has 1 aromatic rings. The number of aldehydes is 1. The molecular formula is C13H13NO2. The molecule has 1 aromatic carbocycles. The first-order valence-corrected chi connectivity index (χ1v) is 5.70. The minimum atomic E-state index is 0.183. The third kappa shape index (κ3) is 1.28. The average Bonchev–Trinajstić information content (AvgIpc) is 2.53. The molecular weight excluding hydrogens is 202 g/mol. The Labute approximate surface area is 94.1 Å². The molecule has 1 heterocycles. The van der Waals surface area contributed by atoms with E-state index in [1.807, 2.05) is 17.0 Å². The highest BCUT2D eigenvalue weighted by molar-refractivity contribution is 6.02. The monoisotopic (exact) mass is 215 g/mol. The van der Waals surface area contributed by atoms with Gasteiger partial charge in [0.05, 0.1) is 6.42 Å². The van der Waals surface area contributed by atoms with E-state index in [-0.39, 0.29) is 5.91 Å². The molecule has 0 spiro atoms. The van der Waals surface area contributed by atoms with Crippen LogP contribution in [0.15, 0.2) is 18.2 Å². The van der Waals surface area contributed by atoms with Crippen LogP contribution in [0.2, 0.25) is 0 Å². The molecule has 3 heteroatoms. The molecule has 82 valence electrons. The Bertz CT molecular complexity index is 463. The van der Waals surface area contributed by atoms with Crippen LogP contribution in [-0.2, 0) is 11.2 Å². The Kier molecular flexibility index (Phi) is 2.06. The third-order valence-electron chi connectivity index (χ3n) is 3.56. The van der Waals surface area contributed by atoms with Crippen LogP contribution in [0, 0.1) is 0 Å². The summed E-state index contributed by atoms with van der Waals surface area (Å²) in [5, 5.41) is 0. The van der Waals surface area contributed by atoms with Crippen molar-refractivity contribution in [3.63, 3.8) is 0 Å². The summed E-state index contributed by atoms with van der Waals surface area (Å²) in [6.45, 7) is 0. The number of fused-ring (bicyclic) bond motifs is 1. The molecule has 0 atom stereocenters. The first-order chi connectivity index (χ1) is 7.79. The Morgan fingerprint density at radius 3 is 2.75 bits per heavy atom. The van der Waals surface area contributed by atoms with Gasteiger partial charge >= 0.3 is 0 Å². The minimum absolute atomic E-state index is 0.183. The SMILES string of the molecule is O=Cc1ccc2c(c1)N(C1CCC1)C(=O)C2. The molecule has 1 aliphatic heterocycles. The van der Waals surface area contributed by atoms with Crippen molar-refractivity contribution in [1.82, 2.24) is 0 Å². The highest BCUT2D eigenvalue weighted by Gasteiger charge is 2.35. The van der Waals surface area contributed by atoms with Crippen molar-refractivity contribution < 1.29 is 9.59 Å². The van der Waals surface area contributed by atoms with Gasteiger partial charge < -0.3 is 4.90 Å². The lowest BCUT2D eigenvalue weighted by Gasteiger charge is -2.35. The van der Waals surface area contributed by atoms with Crippen LogP contribution in [0.4, 0.5) is 5.69 Å². The summed E-state index contributed by atoms with van der Waals surface area (Å²) in [5.41, 5.74) is 2.67. The number of rotatable bonds is 2. The molecule has 3 nitrogen and oxygen atoms in total. The number of benzene rings is 1. The van der Waals surface area contributed by atoms with Crippen molar-refractivity contribution >= 4 is 17.9 Å². The molecule has 0 aromatic heterocycles. The van der Waals surface area contributed by atoms with Crippen LogP contribution in [0.1, 0.15) is 35.2 Å². The lowest BCUT2D eigenvalue weighted by atomic mass is 9.91. The normalized spacial score (nSPS) is 19.5. The van der Waals surface area contributed by atoms with E-state index in [2.05, 4.69) is 0 Å². The van der Waals surface area contributed by atoms with E-state index in [9.17, 15) is 9.59 Å². The van der Waals surface area contributed by atoms with Gasteiger partial charge in [-0.15, -0.1) is 0 Å². The topological polar surface area (TPSA) is 37.4 Å². The van der Waals surface area contributed by atoms with Crippen molar-refractivity contribution in [1.29, 1.82) is 0 Å². The Morgan fingerprint density at radius 1 is 1.31 bits per heavy atom. The molecule has 0 saturated heterocycles. The van der Waals surface area contributed by atoms with Gasteiger partial charge in [-0.1, -0.05) is 12.1 Å². The number of carbonyl (C=O) groups excluding carboxylic acids is 2. The zero-order valence-electron chi connectivity index (χ0n) is 8.98. The predicted molar refractivity (Wildman–Crippen MR) is 60.7 cm³/mol. The van der Waals surface area contributed by atoms with Gasteiger partial charge in [-0.2, -0.15) is 0 Å². The molecule has 0 radical (unpaired) electrons. The summed E-state index contributed by atoms with van der Waals surface area (Å²) in [7, 11) is 0. The molecule has 0 unspecified atom stereocenters. The maximum absolute atomic E-state index is 11.9. The van der Waals surface area contributed by atoms with Crippen LogP contribution in [-0.4, -0.2) is 18.2 Å². The predicted octanol–water partition coefficient (Wildman–Crippen LogP) is 1.94. The van der Waals surface area contributed by atoms with Crippen molar-refractivity contribution in [2.75, 3.05) is 4.90 Å². The molecule has 3 rings (SSSR count). The molecule has 1 fully saturated rings. The van der Waals surface area contributed by atoms with E-state index >= 15 is 0 Å². The third-order valence-corrected chi connectivity index (χ3v) is 3.56. The van der Waals surface area contributed by atoms with Crippen LogP contribution < -0.4 is 4.90 Å². The molecule has 0 bridgehead atoms. The van der Waals surface area contributed by atoms with Crippen LogP contribution in [0.25, 0.3) is 0 Å². The summed E-state index contributed by atoms with van der Waals surface area (Å²) in [6, 6.07) is 5.89. The maximum Gasteiger partial charge on any atom is 0.231 e. The van der Waals surface area contributed by atoms with E-state index < -0.39 is 0 Å². The fourth-order valence-electron chi connectivity index (χ4n) is 2.46. The smallest absolute Gasteiger partial charge is 0.231 e. The number of carbonyl (C=O) groups is 2. The number of hydrogen-bond acceptors (Lipinski definition) is 2. The fourth-order valence-corrected chi connectivity index (χ4v) is 2.46. The van der Waals surface area contributed by atoms with Gasteiger partial charge in [-0.25, -0.2) is 0 Å². The second kappa shape index (κ2) is 3.44. The quantitative estimate of drug-likeness (QED) is 0.707.